The van der Waals surface area contributed by atoms with Crippen molar-refractivity contribution >= 4 is 5.91 Å². The lowest BCUT2D eigenvalue weighted by Gasteiger charge is -2.32. The zero-order chi connectivity index (χ0) is 16.7. The van der Waals surface area contributed by atoms with Crippen LogP contribution in [0, 0.1) is 12.8 Å². The summed E-state index contributed by atoms with van der Waals surface area (Å²) in [6, 6.07) is 3.57. The molecule has 0 spiro atoms. The fourth-order valence-electron chi connectivity index (χ4n) is 3.42. The number of aryl methyl sites for hydroxylation is 2. The lowest BCUT2D eigenvalue weighted by molar-refractivity contribution is 0.0593. The monoisotopic (exact) mass is 329 g/mol. The molecule has 2 aromatic rings. The van der Waals surface area contributed by atoms with Crippen molar-refractivity contribution in [1.82, 2.24) is 14.7 Å². The minimum Gasteiger partial charge on any atom is -0.456 e. The van der Waals surface area contributed by atoms with Crippen molar-refractivity contribution in [2.75, 3.05) is 19.8 Å². The molecule has 1 atom stereocenters. The molecule has 128 valence electrons. The van der Waals surface area contributed by atoms with Gasteiger partial charge in [0.2, 0.25) is 0 Å². The van der Waals surface area contributed by atoms with Gasteiger partial charge in [0.1, 0.15) is 5.76 Å². The second-order valence-corrected chi connectivity index (χ2v) is 6.95. The van der Waals surface area contributed by atoms with E-state index in [1.807, 2.05) is 35.8 Å². The minimum atomic E-state index is -0.0650. The Morgan fingerprint density at radius 2 is 2.21 bits per heavy atom. The number of carbonyl (C=O) groups excluding carboxylic acids is 1. The molecule has 1 aliphatic heterocycles. The molecule has 2 aliphatic rings. The molecule has 0 radical (unpaired) electrons. The summed E-state index contributed by atoms with van der Waals surface area (Å²) >= 11 is 0. The largest absolute Gasteiger partial charge is 0.456 e. The third-order valence-electron chi connectivity index (χ3n) is 4.86. The van der Waals surface area contributed by atoms with E-state index in [4.69, 9.17) is 9.15 Å². The normalized spacial score (nSPS) is 20.2. The summed E-state index contributed by atoms with van der Waals surface area (Å²) in [5.74, 6) is 1.98. The summed E-state index contributed by atoms with van der Waals surface area (Å²) in [6.07, 6.45) is 4.42. The maximum Gasteiger partial charge on any atom is 0.289 e. The molecule has 24 heavy (non-hydrogen) atoms. The van der Waals surface area contributed by atoms with Gasteiger partial charge in [-0.05, 0) is 37.8 Å². The summed E-state index contributed by atoms with van der Waals surface area (Å²) in [5.41, 5.74) is 2.28. The number of rotatable bonds is 5. The van der Waals surface area contributed by atoms with E-state index in [1.54, 1.807) is 6.07 Å². The summed E-state index contributed by atoms with van der Waals surface area (Å²) < 4.78 is 13.3. The Kier molecular flexibility index (Phi) is 3.92. The summed E-state index contributed by atoms with van der Waals surface area (Å²) in [7, 11) is 1.96. The van der Waals surface area contributed by atoms with Gasteiger partial charge >= 0.3 is 0 Å². The smallest absolute Gasteiger partial charge is 0.289 e. The van der Waals surface area contributed by atoms with Crippen molar-refractivity contribution in [3.05, 3.63) is 41.1 Å². The first-order valence-corrected chi connectivity index (χ1v) is 8.56. The number of carbonyl (C=O) groups is 1. The summed E-state index contributed by atoms with van der Waals surface area (Å²) in [4.78, 5) is 14.6. The average Bonchev–Trinajstić information content (AvgIpc) is 3.17. The first-order chi connectivity index (χ1) is 11.6. The maximum absolute atomic E-state index is 12.7. The Hall–Kier alpha value is -2.08. The molecule has 0 bridgehead atoms. The van der Waals surface area contributed by atoms with Gasteiger partial charge in [-0.15, -0.1) is 0 Å². The number of fused-ring (bicyclic) bond motifs is 1. The molecule has 1 aliphatic carbocycles. The van der Waals surface area contributed by atoms with E-state index >= 15 is 0 Å². The molecular weight excluding hydrogens is 306 g/mol. The van der Waals surface area contributed by atoms with Gasteiger partial charge in [-0.2, -0.15) is 5.10 Å². The lowest BCUT2D eigenvalue weighted by atomic mass is 9.96. The van der Waals surface area contributed by atoms with Crippen LogP contribution in [0.2, 0.25) is 0 Å². The van der Waals surface area contributed by atoms with E-state index in [9.17, 15) is 4.79 Å². The Bertz CT molecular complexity index is 745. The minimum absolute atomic E-state index is 0.0650. The van der Waals surface area contributed by atoms with Crippen LogP contribution < -0.4 is 0 Å². The summed E-state index contributed by atoms with van der Waals surface area (Å²) in [5, 5.41) is 4.37. The van der Waals surface area contributed by atoms with Crippen LogP contribution in [0.25, 0.3) is 0 Å². The zero-order valence-electron chi connectivity index (χ0n) is 14.2. The van der Waals surface area contributed by atoms with Gasteiger partial charge in [0.25, 0.3) is 5.91 Å². The van der Waals surface area contributed by atoms with Gasteiger partial charge in [-0.3, -0.25) is 9.48 Å². The summed E-state index contributed by atoms with van der Waals surface area (Å²) in [6.45, 7) is 4.51. The van der Waals surface area contributed by atoms with Gasteiger partial charge < -0.3 is 14.1 Å². The molecule has 0 aromatic carbocycles. The van der Waals surface area contributed by atoms with Crippen molar-refractivity contribution in [1.29, 1.82) is 0 Å². The van der Waals surface area contributed by atoms with E-state index in [2.05, 4.69) is 5.10 Å². The quantitative estimate of drug-likeness (QED) is 0.845. The molecule has 1 unspecified atom stereocenters. The molecule has 0 N–H and O–H groups in total. The standard InChI is InChI=1S/C18H23N3O3/c1-12-3-6-16(24-12)18(22)21-8-14-7-19-20(2)17(14)15(9-21)11-23-10-13-4-5-13/h3,6-7,13,15H,4-5,8-11H2,1-2H3. The predicted octanol–water partition coefficient (Wildman–Crippen LogP) is 2.49. The van der Waals surface area contributed by atoms with E-state index in [0.29, 0.717) is 25.5 Å². The second-order valence-electron chi connectivity index (χ2n) is 6.95. The highest BCUT2D eigenvalue weighted by molar-refractivity contribution is 5.91. The Labute approximate surface area is 141 Å². The Morgan fingerprint density at radius 1 is 1.38 bits per heavy atom. The highest BCUT2D eigenvalue weighted by Crippen LogP contribution is 2.32. The van der Waals surface area contributed by atoms with Crippen LogP contribution >= 0.6 is 0 Å². The molecule has 1 amide bonds. The van der Waals surface area contributed by atoms with E-state index in [-0.39, 0.29) is 11.8 Å². The fourth-order valence-corrected chi connectivity index (χ4v) is 3.42. The van der Waals surface area contributed by atoms with Crippen LogP contribution in [0.3, 0.4) is 0 Å². The Balaban J connectivity index is 1.51. The SMILES string of the molecule is Cc1ccc(C(=O)N2Cc3cnn(C)c3C(COCC3CC3)C2)o1. The average molecular weight is 329 g/mol. The van der Waals surface area contributed by atoms with Crippen LogP contribution in [0.5, 0.6) is 0 Å². The maximum atomic E-state index is 12.7. The first-order valence-electron chi connectivity index (χ1n) is 8.56. The number of hydrogen-bond acceptors (Lipinski definition) is 4. The molecule has 1 saturated carbocycles. The number of aromatic nitrogens is 2. The van der Waals surface area contributed by atoms with Crippen molar-refractivity contribution in [2.24, 2.45) is 13.0 Å². The molecule has 1 fully saturated rings. The fraction of sp³-hybridized carbons (Fsp3) is 0.556. The van der Waals surface area contributed by atoms with Crippen molar-refractivity contribution in [3.63, 3.8) is 0 Å². The highest BCUT2D eigenvalue weighted by atomic mass is 16.5. The lowest BCUT2D eigenvalue weighted by Crippen LogP contribution is -2.40. The van der Waals surface area contributed by atoms with Crippen LogP contribution in [0.1, 0.15) is 46.3 Å². The molecule has 6 heteroatoms. The predicted molar refractivity (Wildman–Crippen MR) is 87.7 cm³/mol. The number of amides is 1. The van der Waals surface area contributed by atoms with Crippen LogP contribution in [-0.4, -0.2) is 40.3 Å². The third kappa shape index (κ3) is 2.98. The Morgan fingerprint density at radius 3 is 2.92 bits per heavy atom. The van der Waals surface area contributed by atoms with Gasteiger partial charge in [0.05, 0.1) is 18.5 Å². The molecule has 0 saturated heterocycles. The van der Waals surface area contributed by atoms with E-state index in [0.717, 1.165) is 23.8 Å². The zero-order valence-corrected chi connectivity index (χ0v) is 14.2. The van der Waals surface area contributed by atoms with Crippen molar-refractivity contribution < 1.29 is 13.9 Å². The van der Waals surface area contributed by atoms with E-state index in [1.165, 1.54) is 18.5 Å². The first kappa shape index (κ1) is 15.4. The van der Waals surface area contributed by atoms with Gasteiger partial charge in [-0.1, -0.05) is 0 Å². The molecule has 2 aromatic heterocycles. The molecular formula is C18H23N3O3. The van der Waals surface area contributed by atoms with Crippen LogP contribution in [0.15, 0.2) is 22.7 Å². The molecule has 4 rings (SSSR count). The topological polar surface area (TPSA) is 60.5 Å². The number of nitrogens with zero attached hydrogens (tertiary/aromatic N) is 3. The molecule has 3 heterocycles. The van der Waals surface area contributed by atoms with Crippen molar-refractivity contribution in [2.45, 2.75) is 32.2 Å². The van der Waals surface area contributed by atoms with Gasteiger partial charge in [0.15, 0.2) is 5.76 Å². The van der Waals surface area contributed by atoms with Gasteiger partial charge in [0, 0.05) is 38.2 Å². The van der Waals surface area contributed by atoms with Crippen LogP contribution in [-0.2, 0) is 18.3 Å². The highest BCUT2D eigenvalue weighted by Gasteiger charge is 2.33. The number of ether oxygens (including phenoxy) is 1. The second kappa shape index (κ2) is 6.09. The number of hydrogen-bond donors (Lipinski definition) is 0. The van der Waals surface area contributed by atoms with Crippen LogP contribution in [0.4, 0.5) is 0 Å². The van der Waals surface area contributed by atoms with Gasteiger partial charge in [-0.25, -0.2) is 0 Å². The third-order valence-corrected chi connectivity index (χ3v) is 4.86. The van der Waals surface area contributed by atoms with E-state index < -0.39 is 0 Å². The number of furan rings is 1. The molecule has 6 nitrogen and oxygen atoms in total. The van der Waals surface area contributed by atoms with Crippen molar-refractivity contribution in [3.8, 4) is 0 Å².